The summed E-state index contributed by atoms with van der Waals surface area (Å²) in [7, 11) is 0. The smallest absolute Gasteiger partial charge is 0.266 e. The molecule has 0 amide bonds. The molecule has 0 fully saturated rings. The van der Waals surface area contributed by atoms with Gasteiger partial charge in [-0.3, -0.25) is 9.59 Å². The molecule has 0 atom stereocenters. The predicted molar refractivity (Wildman–Crippen MR) is 95.8 cm³/mol. The van der Waals surface area contributed by atoms with Gasteiger partial charge in [-0.05, 0) is 23.1 Å². The van der Waals surface area contributed by atoms with Gasteiger partial charge in [-0.2, -0.15) is 14.6 Å². The largest absolute Gasteiger partial charge is 0.296 e. The van der Waals surface area contributed by atoms with Crippen molar-refractivity contribution < 1.29 is 0 Å². The van der Waals surface area contributed by atoms with Crippen molar-refractivity contribution in [2.24, 2.45) is 0 Å². The Bertz CT molecular complexity index is 1160. The van der Waals surface area contributed by atoms with Gasteiger partial charge in [-0.25, -0.2) is 0 Å². The van der Waals surface area contributed by atoms with Crippen molar-refractivity contribution in [3.63, 3.8) is 0 Å². The van der Waals surface area contributed by atoms with E-state index in [1.807, 2.05) is 47.8 Å². The fourth-order valence-corrected chi connectivity index (χ4v) is 3.97. The van der Waals surface area contributed by atoms with Crippen LogP contribution >= 0.6 is 22.7 Å². The summed E-state index contributed by atoms with van der Waals surface area (Å²) in [4.78, 5) is 30.0. The van der Waals surface area contributed by atoms with Crippen LogP contribution in [0.5, 0.6) is 0 Å². The minimum atomic E-state index is -0.386. The normalized spacial score (nSPS) is 12.1. The summed E-state index contributed by atoms with van der Waals surface area (Å²) in [6, 6.07) is 13.4. The molecular formula is C17H11N3O2S2. The van der Waals surface area contributed by atoms with Crippen LogP contribution in [0.25, 0.3) is 11.0 Å². The van der Waals surface area contributed by atoms with Crippen LogP contribution in [0.3, 0.4) is 0 Å². The van der Waals surface area contributed by atoms with Gasteiger partial charge in [-0.1, -0.05) is 47.7 Å². The quantitative estimate of drug-likeness (QED) is 0.562. The van der Waals surface area contributed by atoms with Crippen molar-refractivity contribution in [2.75, 3.05) is 0 Å². The maximum absolute atomic E-state index is 12.5. The lowest BCUT2D eigenvalue weighted by Gasteiger charge is -1.99. The minimum absolute atomic E-state index is 0.245. The number of benzene rings is 1. The summed E-state index contributed by atoms with van der Waals surface area (Å²) >= 11 is 2.72. The van der Waals surface area contributed by atoms with Crippen LogP contribution in [0.2, 0.25) is 0 Å². The molecule has 1 aromatic carbocycles. The first kappa shape index (κ1) is 14.9. The number of thiazole rings is 1. The summed E-state index contributed by atoms with van der Waals surface area (Å²) in [5.74, 6) is 0. The zero-order valence-electron chi connectivity index (χ0n) is 12.4. The van der Waals surface area contributed by atoms with Gasteiger partial charge in [0.15, 0.2) is 0 Å². The third-order valence-corrected chi connectivity index (χ3v) is 5.26. The van der Waals surface area contributed by atoms with Crippen molar-refractivity contribution >= 4 is 33.7 Å². The van der Waals surface area contributed by atoms with Crippen LogP contribution in [0.15, 0.2) is 57.4 Å². The molecule has 24 heavy (non-hydrogen) atoms. The molecule has 0 radical (unpaired) electrons. The minimum Gasteiger partial charge on any atom is -0.266 e. The van der Waals surface area contributed by atoms with Crippen LogP contribution in [-0.4, -0.2) is 14.6 Å². The van der Waals surface area contributed by atoms with Gasteiger partial charge in [0.25, 0.3) is 11.1 Å². The molecule has 3 aromatic heterocycles. The van der Waals surface area contributed by atoms with Gasteiger partial charge in [0.2, 0.25) is 4.96 Å². The van der Waals surface area contributed by atoms with Gasteiger partial charge in [0, 0.05) is 11.3 Å². The Morgan fingerprint density at radius 1 is 1.08 bits per heavy atom. The van der Waals surface area contributed by atoms with Crippen LogP contribution in [-0.2, 0) is 6.42 Å². The molecule has 3 heterocycles. The summed E-state index contributed by atoms with van der Waals surface area (Å²) < 4.78 is 1.75. The second-order valence-electron chi connectivity index (χ2n) is 5.15. The van der Waals surface area contributed by atoms with E-state index in [4.69, 9.17) is 0 Å². The summed E-state index contributed by atoms with van der Waals surface area (Å²) in [5.41, 5.74) is 0.598. The molecule has 4 rings (SSSR count). The molecule has 7 heteroatoms. The zero-order chi connectivity index (χ0) is 16.5. The molecule has 118 valence electrons. The van der Waals surface area contributed by atoms with Crippen molar-refractivity contribution in [1.29, 1.82) is 0 Å². The lowest BCUT2D eigenvalue weighted by atomic mass is 10.1. The molecule has 0 saturated carbocycles. The molecule has 0 spiro atoms. The highest BCUT2D eigenvalue weighted by molar-refractivity contribution is 7.15. The summed E-state index contributed by atoms with van der Waals surface area (Å²) in [6.07, 6.45) is 2.16. The first-order chi connectivity index (χ1) is 11.7. The fourth-order valence-electron chi connectivity index (χ4n) is 2.34. The van der Waals surface area contributed by atoms with Crippen molar-refractivity contribution in [2.45, 2.75) is 6.42 Å². The van der Waals surface area contributed by atoms with Gasteiger partial charge in [-0.15, -0.1) is 11.3 Å². The van der Waals surface area contributed by atoms with Crippen molar-refractivity contribution in [3.8, 4) is 0 Å². The molecule has 0 saturated heterocycles. The second kappa shape index (κ2) is 6.10. The molecule has 0 N–H and O–H groups in total. The van der Waals surface area contributed by atoms with Crippen molar-refractivity contribution in [1.82, 2.24) is 14.6 Å². The molecule has 0 aliphatic carbocycles. The zero-order valence-corrected chi connectivity index (χ0v) is 14.0. The maximum atomic E-state index is 12.5. The number of fused-ring (bicyclic) bond motifs is 1. The van der Waals surface area contributed by atoms with E-state index in [-0.39, 0.29) is 16.8 Å². The van der Waals surface area contributed by atoms with Gasteiger partial charge in [0.1, 0.15) is 5.69 Å². The number of hydrogen-bond donors (Lipinski definition) is 0. The first-order valence-corrected chi connectivity index (χ1v) is 8.92. The molecule has 5 nitrogen and oxygen atoms in total. The predicted octanol–water partition coefficient (Wildman–Crippen LogP) is 1.71. The highest BCUT2D eigenvalue weighted by Gasteiger charge is 2.11. The Morgan fingerprint density at radius 2 is 1.92 bits per heavy atom. The Balaban J connectivity index is 1.85. The number of rotatable bonds is 3. The molecule has 0 aliphatic rings. The average Bonchev–Trinajstić information content (AvgIpc) is 3.19. The number of nitrogens with zero attached hydrogens (tertiary/aromatic N) is 3. The topological polar surface area (TPSA) is 64.3 Å². The van der Waals surface area contributed by atoms with Crippen LogP contribution in [0.4, 0.5) is 0 Å². The SMILES string of the molecule is O=c1nc2s/c(=C\c3cccs3)c(=O)n2nc1Cc1ccccc1. The Hall–Kier alpha value is -2.64. The van der Waals surface area contributed by atoms with Gasteiger partial charge < -0.3 is 0 Å². The van der Waals surface area contributed by atoms with Gasteiger partial charge >= 0.3 is 0 Å². The molecule has 4 aromatic rings. The van der Waals surface area contributed by atoms with E-state index in [1.165, 1.54) is 15.9 Å². The lowest BCUT2D eigenvalue weighted by Crippen LogP contribution is -2.27. The van der Waals surface area contributed by atoms with E-state index in [0.717, 1.165) is 10.4 Å². The Labute approximate surface area is 144 Å². The Morgan fingerprint density at radius 3 is 2.67 bits per heavy atom. The van der Waals surface area contributed by atoms with Crippen LogP contribution < -0.4 is 15.7 Å². The molecule has 0 aliphatic heterocycles. The average molecular weight is 353 g/mol. The number of aromatic nitrogens is 3. The van der Waals surface area contributed by atoms with Crippen LogP contribution in [0, 0.1) is 0 Å². The highest BCUT2D eigenvalue weighted by Crippen LogP contribution is 2.09. The molecular weight excluding hydrogens is 342 g/mol. The van der Waals surface area contributed by atoms with E-state index < -0.39 is 0 Å². The first-order valence-electron chi connectivity index (χ1n) is 7.22. The highest BCUT2D eigenvalue weighted by atomic mass is 32.1. The standard InChI is InChI=1S/C17H11N3O2S2/c21-15-13(9-11-5-2-1-3-6-11)19-20-16(22)14(24-17(20)18-15)10-12-7-4-8-23-12/h1-8,10H,9H2/b14-10-. The fraction of sp³-hybridized carbons (Fsp3) is 0.0588. The van der Waals surface area contributed by atoms with E-state index in [1.54, 1.807) is 17.4 Å². The van der Waals surface area contributed by atoms with E-state index in [2.05, 4.69) is 10.1 Å². The number of thiophene rings is 1. The van der Waals surface area contributed by atoms with E-state index >= 15 is 0 Å². The van der Waals surface area contributed by atoms with Crippen LogP contribution in [0.1, 0.15) is 16.1 Å². The van der Waals surface area contributed by atoms with E-state index in [9.17, 15) is 9.59 Å². The summed E-state index contributed by atoms with van der Waals surface area (Å²) in [6.45, 7) is 0. The molecule has 0 bridgehead atoms. The second-order valence-corrected chi connectivity index (χ2v) is 7.14. The van der Waals surface area contributed by atoms with Crippen molar-refractivity contribution in [3.05, 3.63) is 89.2 Å². The van der Waals surface area contributed by atoms with E-state index in [0.29, 0.717) is 15.9 Å². The monoisotopic (exact) mass is 353 g/mol. The number of hydrogen-bond acceptors (Lipinski definition) is 6. The Kier molecular flexibility index (Phi) is 3.79. The third-order valence-electron chi connectivity index (χ3n) is 3.48. The third kappa shape index (κ3) is 2.79. The van der Waals surface area contributed by atoms with Gasteiger partial charge in [0.05, 0.1) is 4.53 Å². The molecule has 0 unspecified atom stereocenters. The lowest BCUT2D eigenvalue weighted by molar-refractivity contribution is 0.811. The maximum Gasteiger partial charge on any atom is 0.296 e. The summed E-state index contributed by atoms with van der Waals surface area (Å²) in [5, 5.41) is 6.19.